The number of imidazole rings is 1. The monoisotopic (exact) mass is 301 g/mol. The molecule has 2 heterocycles. The molecule has 0 radical (unpaired) electrons. The van der Waals surface area contributed by atoms with Crippen LogP contribution in [-0.4, -0.2) is 34.3 Å². The maximum Gasteiger partial charge on any atom is 0.262 e. The van der Waals surface area contributed by atoms with E-state index in [-0.39, 0.29) is 17.4 Å². The van der Waals surface area contributed by atoms with E-state index in [0.29, 0.717) is 0 Å². The van der Waals surface area contributed by atoms with Gasteiger partial charge in [-0.2, -0.15) is 4.31 Å². The van der Waals surface area contributed by atoms with Crippen LogP contribution >= 0.6 is 11.3 Å². The Labute approximate surface area is 115 Å². The van der Waals surface area contributed by atoms with E-state index in [1.54, 1.807) is 13.2 Å². The minimum atomic E-state index is -3.66. The van der Waals surface area contributed by atoms with Crippen molar-refractivity contribution < 1.29 is 8.42 Å². The predicted octanol–water partition coefficient (Wildman–Crippen LogP) is 0.588. The third-order valence-corrected chi connectivity index (χ3v) is 5.44. The fourth-order valence-corrected chi connectivity index (χ4v) is 3.94. The van der Waals surface area contributed by atoms with Gasteiger partial charge in [0, 0.05) is 31.7 Å². The summed E-state index contributed by atoms with van der Waals surface area (Å²) in [5.74, 6) is 0.00911. The summed E-state index contributed by atoms with van der Waals surface area (Å²) in [6.45, 7) is 2.14. The number of aromatic nitrogens is 3. The molecule has 0 atom stereocenters. The molecule has 9 heteroatoms. The summed E-state index contributed by atoms with van der Waals surface area (Å²) >= 11 is 1.47. The normalized spacial score (nSPS) is 12.2. The van der Waals surface area contributed by atoms with Crippen LogP contribution in [0, 0.1) is 6.92 Å². The van der Waals surface area contributed by atoms with Crippen molar-refractivity contribution in [3.05, 3.63) is 22.4 Å². The summed E-state index contributed by atoms with van der Waals surface area (Å²) in [5.41, 5.74) is 5.62. The molecule has 0 amide bonds. The summed E-state index contributed by atoms with van der Waals surface area (Å²) in [6.07, 6.45) is 3.06. The lowest BCUT2D eigenvalue weighted by molar-refractivity contribution is 0.463. The highest BCUT2D eigenvalue weighted by Crippen LogP contribution is 2.22. The van der Waals surface area contributed by atoms with Gasteiger partial charge in [-0.1, -0.05) is 0 Å². The van der Waals surface area contributed by atoms with Crippen LogP contribution in [0.15, 0.2) is 17.6 Å². The smallest absolute Gasteiger partial charge is 0.262 e. The average molecular weight is 301 g/mol. The molecular formula is C10H15N5O2S2. The molecule has 2 N–H and O–H groups in total. The number of anilines is 1. The molecule has 0 fully saturated rings. The van der Waals surface area contributed by atoms with Crippen molar-refractivity contribution in [1.82, 2.24) is 18.8 Å². The van der Waals surface area contributed by atoms with Crippen LogP contribution < -0.4 is 5.73 Å². The first-order chi connectivity index (χ1) is 8.82. The van der Waals surface area contributed by atoms with Crippen LogP contribution in [0.1, 0.15) is 9.88 Å². The number of nitrogens with two attached hydrogens (primary N) is 1. The third-order valence-electron chi connectivity index (χ3n) is 2.61. The highest BCUT2D eigenvalue weighted by Gasteiger charge is 2.27. The predicted molar refractivity (Wildman–Crippen MR) is 73.1 cm³/mol. The van der Waals surface area contributed by atoms with Gasteiger partial charge in [0.15, 0.2) is 10.8 Å². The Morgan fingerprint density at radius 1 is 1.47 bits per heavy atom. The summed E-state index contributed by atoms with van der Waals surface area (Å²) in [5, 5.41) is 0.914. The Bertz CT molecular complexity index is 669. The average Bonchev–Trinajstić information content (AvgIpc) is 2.85. The Morgan fingerprint density at radius 2 is 2.16 bits per heavy atom. The van der Waals surface area contributed by atoms with Crippen molar-refractivity contribution in [2.45, 2.75) is 18.5 Å². The number of nitrogens with zero attached hydrogens (tertiary/aromatic N) is 4. The molecule has 0 spiro atoms. The van der Waals surface area contributed by atoms with Crippen LogP contribution in [0.3, 0.4) is 0 Å². The minimum absolute atomic E-state index is 0.00911. The van der Waals surface area contributed by atoms with Crippen molar-refractivity contribution in [3.8, 4) is 0 Å². The second-order valence-corrected chi connectivity index (χ2v) is 7.43. The van der Waals surface area contributed by atoms with Gasteiger partial charge in [-0.3, -0.25) is 0 Å². The Kier molecular flexibility index (Phi) is 3.61. The molecule has 2 aromatic heterocycles. The number of hydrogen-bond acceptors (Lipinski definition) is 6. The Hall–Kier alpha value is -1.45. The first-order valence-electron chi connectivity index (χ1n) is 5.47. The lowest BCUT2D eigenvalue weighted by Crippen LogP contribution is -2.28. The third kappa shape index (κ3) is 2.62. The molecule has 7 nitrogen and oxygen atoms in total. The van der Waals surface area contributed by atoms with E-state index < -0.39 is 10.0 Å². The number of hydrogen-bond donors (Lipinski definition) is 1. The van der Waals surface area contributed by atoms with Crippen LogP contribution in [0.2, 0.25) is 0 Å². The maximum absolute atomic E-state index is 12.4. The van der Waals surface area contributed by atoms with Crippen molar-refractivity contribution in [3.63, 3.8) is 0 Å². The molecule has 2 rings (SSSR count). The highest BCUT2D eigenvalue weighted by molar-refractivity contribution is 7.89. The van der Waals surface area contributed by atoms with E-state index >= 15 is 0 Å². The molecule has 0 aromatic carbocycles. The molecule has 0 unspecified atom stereocenters. The maximum atomic E-state index is 12.4. The summed E-state index contributed by atoms with van der Waals surface area (Å²) in [7, 11) is -0.549. The van der Waals surface area contributed by atoms with Gasteiger partial charge in [0.2, 0.25) is 0 Å². The quantitative estimate of drug-likeness (QED) is 0.892. The van der Waals surface area contributed by atoms with Gasteiger partial charge in [-0.05, 0) is 6.92 Å². The van der Waals surface area contributed by atoms with E-state index in [0.717, 1.165) is 9.88 Å². The van der Waals surface area contributed by atoms with Gasteiger partial charge in [-0.25, -0.2) is 18.4 Å². The topological polar surface area (TPSA) is 94.1 Å². The van der Waals surface area contributed by atoms with Gasteiger partial charge >= 0.3 is 0 Å². The summed E-state index contributed by atoms with van der Waals surface area (Å²) < 4.78 is 27.5. The second-order valence-electron chi connectivity index (χ2n) is 4.15. The van der Waals surface area contributed by atoms with E-state index in [2.05, 4.69) is 9.97 Å². The summed E-state index contributed by atoms with van der Waals surface area (Å²) in [4.78, 5) is 8.78. The van der Waals surface area contributed by atoms with Crippen LogP contribution in [0.5, 0.6) is 0 Å². The molecule has 0 aliphatic rings. The van der Waals surface area contributed by atoms with Gasteiger partial charge in [-0.15, -0.1) is 11.3 Å². The van der Waals surface area contributed by atoms with Gasteiger partial charge in [0.25, 0.3) is 10.0 Å². The number of rotatable bonds is 4. The SMILES string of the molecule is Cc1ncc(CN(C)S(=O)(=O)c2c(N)ncn2C)s1. The second kappa shape index (κ2) is 4.91. The molecule has 104 valence electrons. The fourth-order valence-electron chi connectivity index (χ4n) is 1.68. The lowest BCUT2D eigenvalue weighted by Gasteiger charge is -2.16. The number of sulfonamides is 1. The van der Waals surface area contributed by atoms with Crippen molar-refractivity contribution in [2.24, 2.45) is 7.05 Å². The van der Waals surface area contributed by atoms with Crippen molar-refractivity contribution >= 4 is 27.2 Å². The first-order valence-corrected chi connectivity index (χ1v) is 7.72. The van der Waals surface area contributed by atoms with Crippen LogP contribution in [-0.2, 0) is 23.6 Å². The van der Waals surface area contributed by atoms with Gasteiger partial charge in [0.1, 0.15) is 0 Å². The molecule has 2 aromatic rings. The molecular weight excluding hydrogens is 286 g/mol. The standard InChI is InChI=1S/C10H15N5O2S2/c1-7-12-4-8(18-7)5-15(3)19(16,17)10-9(11)13-6-14(10)2/h4,6H,5,11H2,1-3H3. The van der Waals surface area contributed by atoms with E-state index in [1.807, 2.05) is 6.92 Å². The van der Waals surface area contributed by atoms with Crippen LogP contribution in [0.25, 0.3) is 0 Å². The lowest BCUT2D eigenvalue weighted by atomic mass is 10.5. The van der Waals surface area contributed by atoms with Crippen LogP contribution in [0.4, 0.5) is 5.82 Å². The zero-order valence-corrected chi connectivity index (χ0v) is 12.5. The molecule has 19 heavy (non-hydrogen) atoms. The zero-order chi connectivity index (χ0) is 14.2. The van der Waals surface area contributed by atoms with E-state index in [1.165, 1.54) is 33.6 Å². The van der Waals surface area contributed by atoms with E-state index in [9.17, 15) is 8.42 Å². The summed E-state index contributed by atoms with van der Waals surface area (Å²) in [6, 6.07) is 0. The number of aryl methyl sites for hydroxylation is 2. The molecule has 0 saturated heterocycles. The highest BCUT2D eigenvalue weighted by atomic mass is 32.2. The molecule has 0 aliphatic carbocycles. The fraction of sp³-hybridized carbons (Fsp3) is 0.400. The van der Waals surface area contributed by atoms with E-state index in [4.69, 9.17) is 5.73 Å². The molecule has 0 bridgehead atoms. The number of nitrogen functional groups attached to an aromatic ring is 1. The number of thiazole rings is 1. The Morgan fingerprint density at radius 3 is 2.63 bits per heavy atom. The van der Waals surface area contributed by atoms with Gasteiger partial charge < -0.3 is 10.3 Å². The van der Waals surface area contributed by atoms with Crippen molar-refractivity contribution in [2.75, 3.05) is 12.8 Å². The first kappa shape index (κ1) is 14.0. The molecule has 0 saturated carbocycles. The van der Waals surface area contributed by atoms with Crippen molar-refractivity contribution in [1.29, 1.82) is 0 Å². The zero-order valence-electron chi connectivity index (χ0n) is 10.9. The van der Waals surface area contributed by atoms with Gasteiger partial charge in [0.05, 0.1) is 11.3 Å². The molecule has 0 aliphatic heterocycles. The minimum Gasteiger partial charge on any atom is -0.381 e. The Balaban J connectivity index is 2.30. The largest absolute Gasteiger partial charge is 0.381 e.